The van der Waals surface area contributed by atoms with Gasteiger partial charge in [0.25, 0.3) is 5.91 Å². The Balaban J connectivity index is 1.30. The second-order valence-corrected chi connectivity index (χ2v) is 8.22. The van der Waals surface area contributed by atoms with Gasteiger partial charge in [0.15, 0.2) is 0 Å². The summed E-state index contributed by atoms with van der Waals surface area (Å²) in [4.78, 5) is 34.8. The summed E-state index contributed by atoms with van der Waals surface area (Å²) in [5.74, 6) is 1.15. The second-order valence-electron chi connectivity index (χ2n) is 8.22. The summed E-state index contributed by atoms with van der Waals surface area (Å²) in [6, 6.07) is 1.89. The van der Waals surface area contributed by atoms with E-state index in [1.54, 1.807) is 18.5 Å². The summed E-state index contributed by atoms with van der Waals surface area (Å²) in [7, 11) is 0. The molecule has 1 aromatic rings. The van der Waals surface area contributed by atoms with Gasteiger partial charge in [0.2, 0.25) is 11.7 Å². The maximum absolute atomic E-state index is 12.6. The van der Waals surface area contributed by atoms with E-state index in [9.17, 15) is 14.7 Å². The van der Waals surface area contributed by atoms with Gasteiger partial charge in [-0.1, -0.05) is 0 Å². The highest BCUT2D eigenvalue weighted by molar-refractivity contribution is 5.90. The van der Waals surface area contributed by atoms with Crippen molar-refractivity contribution in [3.05, 3.63) is 24.3 Å². The van der Waals surface area contributed by atoms with Gasteiger partial charge in [-0.3, -0.25) is 9.59 Å². The highest BCUT2D eigenvalue weighted by Crippen LogP contribution is 2.48. The Morgan fingerprint density at radius 2 is 1.92 bits per heavy atom. The van der Waals surface area contributed by atoms with Gasteiger partial charge in [0, 0.05) is 50.0 Å². The third kappa shape index (κ3) is 3.58. The minimum atomic E-state index is -0.145. The van der Waals surface area contributed by atoms with Crippen LogP contribution >= 0.6 is 0 Å². The second kappa shape index (κ2) is 6.95. The van der Waals surface area contributed by atoms with Crippen molar-refractivity contribution < 1.29 is 14.7 Å². The molecular weight excluding hydrogens is 332 g/mol. The van der Waals surface area contributed by atoms with Gasteiger partial charge in [-0.25, -0.2) is 9.97 Å². The van der Waals surface area contributed by atoms with Crippen molar-refractivity contribution in [2.24, 2.45) is 17.3 Å². The zero-order valence-electron chi connectivity index (χ0n) is 14.9. The van der Waals surface area contributed by atoms with Gasteiger partial charge in [0.1, 0.15) is 0 Å². The van der Waals surface area contributed by atoms with Crippen LogP contribution in [-0.4, -0.2) is 57.5 Å². The normalized spacial score (nSPS) is 29.1. The van der Waals surface area contributed by atoms with E-state index in [-0.39, 0.29) is 35.7 Å². The van der Waals surface area contributed by atoms with Gasteiger partial charge in [0.05, 0.1) is 0 Å². The molecule has 2 aliphatic carbocycles. The van der Waals surface area contributed by atoms with Crippen molar-refractivity contribution in [2.45, 2.75) is 44.6 Å². The van der Waals surface area contributed by atoms with Crippen LogP contribution in [-0.2, 0) is 4.79 Å². The molecule has 1 saturated heterocycles. The summed E-state index contributed by atoms with van der Waals surface area (Å²) in [6.07, 6.45) is 8.42. The number of aromatic nitrogens is 2. The smallest absolute Gasteiger partial charge is 0.291 e. The number of fused-ring (bicyclic) bond motifs is 1. The van der Waals surface area contributed by atoms with Gasteiger partial charge in [-0.15, -0.1) is 0 Å². The van der Waals surface area contributed by atoms with Crippen molar-refractivity contribution >= 4 is 11.8 Å². The Hall–Kier alpha value is -2.02. The van der Waals surface area contributed by atoms with Gasteiger partial charge < -0.3 is 15.3 Å². The van der Waals surface area contributed by atoms with E-state index in [0.717, 1.165) is 38.6 Å². The molecule has 2 heterocycles. The number of hydrogen-bond donors (Lipinski definition) is 2. The number of nitrogens with one attached hydrogen (secondary N) is 1. The van der Waals surface area contributed by atoms with Crippen LogP contribution < -0.4 is 5.32 Å². The van der Waals surface area contributed by atoms with Crippen LogP contribution in [0, 0.1) is 17.3 Å². The molecule has 4 rings (SSSR count). The highest BCUT2D eigenvalue weighted by Gasteiger charge is 2.45. The SMILES string of the molecule is O=C(CC1(CO)CC1)NC1CCC2CN(C(=O)c3ncccn3)CC2C1. The lowest BCUT2D eigenvalue weighted by molar-refractivity contribution is -0.123. The average molecular weight is 358 g/mol. The standard InChI is InChI=1S/C19H26N4O3/c24-12-19(4-5-19)9-16(25)22-15-3-2-13-10-23(11-14(13)8-15)18(26)17-20-6-1-7-21-17/h1,6-7,13-15,24H,2-5,8-12H2,(H,22,25). The minimum Gasteiger partial charge on any atom is -0.396 e. The van der Waals surface area contributed by atoms with Crippen LogP contribution in [0.4, 0.5) is 0 Å². The van der Waals surface area contributed by atoms with E-state index >= 15 is 0 Å². The molecule has 26 heavy (non-hydrogen) atoms. The predicted octanol–water partition coefficient (Wildman–Crippen LogP) is 0.996. The molecule has 0 aromatic carbocycles. The van der Waals surface area contributed by atoms with E-state index < -0.39 is 0 Å². The Morgan fingerprint density at radius 3 is 2.62 bits per heavy atom. The molecule has 1 aliphatic heterocycles. The first-order valence-corrected chi connectivity index (χ1v) is 9.55. The Kier molecular flexibility index (Phi) is 4.65. The molecule has 2 saturated carbocycles. The van der Waals surface area contributed by atoms with E-state index in [0.29, 0.717) is 24.8 Å². The van der Waals surface area contributed by atoms with E-state index in [4.69, 9.17) is 0 Å². The number of amides is 2. The monoisotopic (exact) mass is 358 g/mol. The fourth-order valence-electron chi connectivity index (χ4n) is 4.47. The molecule has 2 N–H and O–H groups in total. The molecule has 7 nitrogen and oxygen atoms in total. The summed E-state index contributed by atoms with van der Waals surface area (Å²) in [5.41, 5.74) is -0.145. The number of aliphatic hydroxyl groups is 1. The number of nitrogens with zero attached hydrogens (tertiary/aromatic N) is 3. The Morgan fingerprint density at radius 1 is 1.19 bits per heavy atom. The molecule has 0 radical (unpaired) electrons. The molecule has 0 spiro atoms. The van der Waals surface area contributed by atoms with Crippen molar-refractivity contribution in [3.8, 4) is 0 Å². The molecule has 1 aromatic heterocycles. The van der Waals surface area contributed by atoms with Crippen LogP contribution in [0.15, 0.2) is 18.5 Å². The van der Waals surface area contributed by atoms with Gasteiger partial charge in [-0.2, -0.15) is 0 Å². The highest BCUT2D eigenvalue weighted by atomic mass is 16.3. The minimum absolute atomic E-state index is 0.0589. The van der Waals surface area contributed by atoms with Crippen LogP contribution in [0.2, 0.25) is 0 Å². The Labute approximate surface area is 153 Å². The zero-order chi connectivity index (χ0) is 18.1. The molecule has 0 bridgehead atoms. The Bertz CT molecular complexity index is 677. The summed E-state index contributed by atoms with van der Waals surface area (Å²) >= 11 is 0. The molecule has 140 valence electrons. The third-order valence-corrected chi connectivity index (χ3v) is 6.29. The van der Waals surface area contributed by atoms with E-state index in [1.807, 2.05) is 4.90 Å². The molecule has 3 fully saturated rings. The van der Waals surface area contributed by atoms with Crippen LogP contribution in [0.5, 0.6) is 0 Å². The lowest BCUT2D eigenvalue weighted by atomic mass is 9.79. The molecular formula is C19H26N4O3. The molecule has 3 atom stereocenters. The maximum Gasteiger partial charge on any atom is 0.291 e. The first kappa shape index (κ1) is 17.4. The predicted molar refractivity (Wildman–Crippen MR) is 94.1 cm³/mol. The number of aliphatic hydroxyl groups excluding tert-OH is 1. The number of carbonyl (C=O) groups is 2. The molecule has 7 heteroatoms. The first-order chi connectivity index (χ1) is 12.6. The topological polar surface area (TPSA) is 95.4 Å². The van der Waals surface area contributed by atoms with E-state index in [2.05, 4.69) is 15.3 Å². The average Bonchev–Trinajstić information content (AvgIpc) is 3.30. The fourth-order valence-corrected chi connectivity index (χ4v) is 4.47. The quantitative estimate of drug-likeness (QED) is 0.819. The summed E-state index contributed by atoms with van der Waals surface area (Å²) in [5, 5.41) is 12.5. The van der Waals surface area contributed by atoms with Crippen LogP contribution in [0.25, 0.3) is 0 Å². The van der Waals surface area contributed by atoms with Crippen molar-refractivity contribution in [1.29, 1.82) is 0 Å². The maximum atomic E-state index is 12.6. The lowest BCUT2D eigenvalue weighted by Gasteiger charge is -2.31. The fraction of sp³-hybridized carbons (Fsp3) is 0.684. The number of carbonyl (C=O) groups excluding carboxylic acids is 2. The number of likely N-dealkylation sites (tertiary alicyclic amines) is 1. The number of rotatable bonds is 5. The summed E-state index contributed by atoms with van der Waals surface area (Å²) < 4.78 is 0. The van der Waals surface area contributed by atoms with Gasteiger partial charge >= 0.3 is 0 Å². The van der Waals surface area contributed by atoms with Crippen LogP contribution in [0.3, 0.4) is 0 Å². The van der Waals surface area contributed by atoms with Crippen molar-refractivity contribution in [3.63, 3.8) is 0 Å². The largest absolute Gasteiger partial charge is 0.396 e. The van der Waals surface area contributed by atoms with Crippen LogP contribution in [0.1, 0.15) is 49.1 Å². The molecule has 3 unspecified atom stereocenters. The zero-order valence-corrected chi connectivity index (χ0v) is 14.9. The summed E-state index contributed by atoms with van der Waals surface area (Å²) in [6.45, 7) is 1.58. The van der Waals surface area contributed by atoms with Crippen molar-refractivity contribution in [1.82, 2.24) is 20.2 Å². The van der Waals surface area contributed by atoms with E-state index in [1.165, 1.54) is 0 Å². The molecule has 3 aliphatic rings. The van der Waals surface area contributed by atoms with Crippen molar-refractivity contribution in [2.75, 3.05) is 19.7 Å². The number of hydrogen-bond acceptors (Lipinski definition) is 5. The third-order valence-electron chi connectivity index (χ3n) is 6.29. The van der Waals surface area contributed by atoms with Gasteiger partial charge in [-0.05, 0) is 50.0 Å². The molecule has 2 amide bonds. The first-order valence-electron chi connectivity index (χ1n) is 9.55. The lowest BCUT2D eigenvalue weighted by Crippen LogP contribution is -2.41.